The molecule has 0 amide bonds. The minimum absolute atomic E-state index is 0. The highest BCUT2D eigenvalue weighted by molar-refractivity contribution is 5.85. The summed E-state index contributed by atoms with van der Waals surface area (Å²) in [7, 11) is 0. The second kappa shape index (κ2) is 19.3. The second-order valence-electron chi connectivity index (χ2n) is 15.3. The lowest BCUT2D eigenvalue weighted by Gasteiger charge is -2.40. The number of hydrogen-bond acceptors (Lipinski definition) is 10. The highest BCUT2D eigenvalue weighted by Gasteiger charge is 2.45. The molecule has 316 valence electrons. The summed E-state index contributed by atoms with van der Waals surface area (Å²) in [6.45, 7) is 3.36. The quantitative estimate of drug-likeness (QED) is 0.101. The van der Waals surface area contributed by atoms with Gasteiger partial charge in [-0.2, -0.15) is 0 Å². The molecule has 4 aromatic carbocycles. The fourth-order valence-electron chi connectivity index (χ4n) is 8.11. The van der Waals surface area contributed by atoms with Crippen LogP contribution < -0.4 is 0 Å². The minimum Gasteiger partial charge on any atom is -0.412 e. The molecule has 2 aromatic heterocycles. The van der Waals surface area contributed by atoms with Gasteiger partial charge >= 0.3 is 0 Å². The van der Waals surface area contributed by atoms with E-state index in [1.165, 1.54) is 22.3 Å². The lowest BCUT2D eigenvalue weighted by molar-refractivity contribution is -0.250. The zero-order valence-corrected chi connectivity index (χ0v) is 33.2. The summed E-state index contributed by atoms with van der Waals surface area (Å²) >= 11 is 0. The Balaban J connectivity index is 0.000000195. The third-order valence-electron chi connectivity index (χ3n) is 11.6. The zero-order valence-electron chi connectivity index (χ0n) is 33.2. The molecule has 0 saturated carbocycles. The van der Waals surface area contributed by atoms with Crippen LogP contribution in [0.4, 0.5) is 0 Å². The predicted octanol–water partition coefficient (Wildman–Crippen LogP) is 2.71. The number of rotatable bonds is 10. The fourth-order valence-corrected chi connectivity index (χ4v) is 8.11. The predicted molar refractivity (Wildman–Crippen MR) is 223 cm³/mol. The van der Waals surface area contributed by atoms with Crippen LogP contribution in [0.15, 0.2) is 109 Å². The molecular formula is C46H56N2O11. The van der Waals surface area contributed by atoms with E-state index in [0.29, 0.717) is 0 Å². The zero-order chi connectivity index (χ0) is 41.1. The van der Waals surface area contributed by atoms with Crippen molar-refractivity contribution < 1.29 is 55.8 Å². The van der Waals surface area contributed by atoms with Crippen LogP contribution in [0.1, 0.15) is 59.7 Å². The lowest BCUT2D eigenvalue weighted by atomic mass is 9.98. The first kappa shape index (κ1) is 44.1. The number of aromatic nitrogens is 2. The van der Waals surface area contributed by atoms with E-state index >= 15 is 0 Å². The Morgan fingerprint density at radius 1 is 0.458 bits per heavy atom. The van der Waals surface area contributed by atoms with Crippen LogP contribution in [0, 0.1) is 0 Å². The van der Waals surface area contributed by atoms with Gasteiger partial charge < -0.3 is 64.9 Å². The summed E-state index contributed by atoms with van der Waals surface area (Å²) in [5.74, 6) is 0. The van der Waals surface area contributed by atoms with E-state index in [1.807, 2.05) is 60.9 Å². The van der Waals surface area contributed by atoms with E-state index in [9.17, 15) is 40.9 Å². The topological polar surface area (TPSA) is 222 Å². The van der Waals surface area contributed by atoms with Crippen molar-refractivity contribution in [3.8, 4) is 0 Å². The smallest absolute Gasteiger partial charge is 0.163 e. The van der Waals surface area contributed by atoms with Gasteiger partial charge in [-0.05, 0) is 71.2 Å². The number of ether oxygens (including phenoxy) is 2. The third-order valence-corrected chi connectivity index (χ3v) is 11.6. The number of hydrogen-bond donors (Lipinski definition) is 8. The molecule has 13 heteroatoms. The Bertz CT molecular complexity index is 2090. The molecule has 2 fully saturated rings. The molecule has 0 spiro atoms. The Morgan fingerprint density at radius 2 is 0.797 bits per heavy atom. The van der Waals surface area contributed by atoms with Crippen molar-refractivity contribution in [2.75, 3.05) is 13.2 Å². The summed E-state index contributed by atoms with van der Waals surface area (Å²) in [5.41, 5.74) is 8.80. The van der Waals surface area contributed by atoms with Crippen LogP contribution in [-0.4, -0.2) is 118 Å². The first-order valence-corrected chi connectivity index (χ1v) is 20.0. The highest BCUT2D eigenvalue weighted by Crippen LogP contribution is 2.36. The van der Waals surface area contributed by atoms with E-state index in [2.05, 4.69) is 62.4 Å². The summed E-state index contributed by atoms with van der Waals surface area (Å²) in [5, 5.41) is 82.7. The van der Waals surface area contributed by atoms with Crippen LogP contribution in [0.5, 0.6) is 0 Å². The van der Waals surface area contributed by atoms with Crippen molar-refractivity contribution in [1.82, 2.24) is 9.13 Å². The van der Waals surface area contributed by atoms with Crippen molar-refractivity contribution in [2.45, 2.75) is 101 Å². The SMILES string of the molecule is CCc1ccc(Cc2cn([C@H]3O[C@H](CO)[C@@H](O)[C@H](O)[C@H]3O)c3ccccc23)cc1.CCc1ccc(Cc2cn([C@H]3O[C@H](CO)[C@@H](O)[C@H](O)[C@H]3O)c3ccccc23)cc1.O. The third kappa shape index (κ3) is 9.02. The minimum atomic E-state index is -1.41. The van der Waals surface area contributed by atoms with E-state index in [-0.39, 0.29) is 5.48 Å². The lowest BCUT2D eigenvalue weighted by Crippen LogP contribution is -2.56. The van der Waals surface area contributed by atoms with Gasteiger partial charge in [0.25, 0.3) is 0 Å². The first-order chi connectivity index (χ1) is 28.1. The second-order valence-corrected chi connectivity index (χ2v) is 15.3. The van der Waals surface area contributed by atoms with Crippen LogP contribution in [-0.2, 0) is 35.2 Å². The van der Waals surface area contributed by atoms with Gasteiger partial charge in [-0.3, -0.25) is 0 Å². The number of aryl methyl sites for hydroxylation is 2. The molecule has 10 N–H and O–H groups in total. The van der Waals surface area contributed by atoms with Gasteiger partial charge in [0.05, 0.1) is 24.2 Å². The maximum atomic E-state index is 10.6. The number of nitrogens with zero attached hydrogens (tertiary/aromatic N) is 2. The van der Waals surface area contributed by atoms with Crippen molar-refractivity contribution in [3.63, 3.8) is 0 Å². The highest BCUT2D eigenvalue weighted by atomic mass is 16.6. The number of benzene rings is 4. The molecule has 0 bridgehead atoms. The van der Waals surface area contributed by atoms with Gasteiger partial charge in [0.1, 0.15) is 48.8 Å². The molecule has 2 saturated heterocycles. The summed E-state index contributed by atoms with van der Waals surface area (Å²) in [6, 6.07) is 32.7. The van der Waals surface area contributed by atoms with Crippen LogP contribution in [0.25, 0.3) is 21.8 Å². The molecule has 0 aliphatic carbocycles. The van der Waals surface area contributed by atoms with Gasteiger partial charge in [0, 0.05) is 23.2 Å². The van der Waals surface area contributed by atoms with Crippen LogP contribution >= 0.6 is 0 Å². The van der Waals surface area contributed by atoms with Gasteiger partial charge in [-0.15, -0.1) is 0 Å². The van der Waals surface area contributed by atoms with Gasteiger partial charge in [-0.25, -0.2) is 0 Å². The summed E-state index contributed by atoms with van der Waals surface area (Å²) < 4.78 is 15.1. The number of fused-ring (bicyclic) bond motifs is 2. The van der Waals surface area contributed by atoms with Crippen molar-refractivity contribution in [1.29, 1.82) is 0 Å². The molecule has 8 rings (SSSR count). The van der Waals surface area contributed by atoms with Gasteiger partial charge in [0.2, 0.25) is 0 Å². The maximum absolute atomic E-state index is 10.6. The number of para-hydroxylation sites is 2. The van der Waals surface area contributed by atoms with E-state index in [4.69, 9.17) is 9.47 Å². The normalized spacial score (nSPS) is 26.9. The first-order valence-electron chi connectivity index (χ1n) is 20.0. The Morgan fingerprint density at radius 3 is 1.14 bits per heavy atom. The van der Waals surface area contributed by atoms with Gasteiger partial charge in [0.15, 0.2) is 12.5 Å². The van der Waals surface area contributed by atoms with Crippen molar-refractivity contribution in [3.05, 3.63) is 143 Å². The monoisotopic (exact) mass is 812 g/mol. The van der Waals surface area contributed by atoms with Crippen molar-refractivity contribution >= 4 is 21.8 Å². The molecule has 59 heavy (non-hydrogen) atoms. The van der Waals surface area contributed by atoms with E-state index in [0.717, 1.165) is 58.6 Å². The molecule has 10 atom stereocenters. The molecule has 2 aliphatic rings. The fraction of sp³-hybridized carbons (Fsp3) is 0.391. The van der Waals surface area contributed by atoms with Crippen molar-refractivity contribution in [2.24, 2.45) is 0 Å². The Hall–Kier alpha value is -4.48. The summed E-state index contributed by atoms with van der Waals surface area (Å²) in [4.78, 5) is 0. The molecule has 4 heterocycles. The Labute approximate surface area is 342 Å². The molecule has 6 aromatic rings. The van der Waals surface area contributed by atoms with Gasteiger partial charge in [-0.1, -0.05) is 98.8 Å². The van der Waals surface area contributed by atoms with Crippen LogP contribution in [0.2, 0.25) is 0 Å². The molecule has 2 aliphatic heterocycles. The molecule has 13 nitrogen and oxygen atoms in total. The molecule has 0 radical (unpaired) electrons. The maximum Gasteiger partial charge on any atom is 0.163 e. The molecule has 0 unspecified atom stereocenters. The largest absolute Gasteiger partial charge is 0.412 e. The average Bonchev–Trinajstić information content (AvgIpc) is 3.81. The standard InChI is InChI=1S/2C23H27NO5.H2O/c2*1-2-14-7-9-15(10-8-14)11-16-12-24(18-6-4-3-5-17(16)18)23-22(28)21(27)20(26)19(13-25)29-23;/h2*3-10,12,19-23,25-28H,2,11,13H2,1H3;1H2/t2*19-,20-,21+,22-,23+;/m11./s1. The Kier molecular flexibility index (Phi) is 14.4. The van der Waals surface area contributed by atoms with Crippen LogP contribution in [0.3, 0.4) is 0 Å². The summed E-state index contributed by atoms with van der Waals surface area (Å²) in [6.07, 6.45) is -4.62. The van der Waals surface area contributed by atoms with E-state index < -0.39 is 74.5 Å². The van der Waals surface area contributed by atoms with E-state index in [1.54, 1.807) is 9.13 Å². The number of aliphatic hydroxyl groups excluding tert-OH is 8. The average molecular weight is 813 g/mol. The molecular weight excluding hydrogens is 757 g/mol. The number of aliphatic hydroxyl groups is 8.